The summed E-state index contributed by atoms with van der Waals surface area (Å²) in [4.78, 5) is 13.3. The number of rotatable bonds is 3. The molecule has 1 aromatic rings. The van der Waals surface area contributed by atoms with Crippen molar-refractivity contribution in [2.24, 2.45) is 5.73 Å². The fourth-order valence-corrected chi connectivity index (χ4v) is 1.83. The Balaban J connectivity index is 2.05. The summed E-state index contributed by atoms with van der Waals surface area (Å²) in [6.07, 6.45) is 3.10. The molecule has 1 amide bonds. The summed E-state index contributed by atoms with van der Waals surface area (Å²) in [6, 6.07) is 3.89. The van der Waals surface area contributed by atoms with E-state index in [1.54, 1.807) is 11.2 Å². The highest BCUT2D eigenvalue weighted by atomic mass is 16.3. The van der Waals surface area contributed by atoms with Gasteiger partial charge in [-0.2, -0.15) is 0 Å². The van der Waals surface area contributed by atoms with Gasteiger partial charge in [0, 0.05) is 19.0 Å². The van der Waals surface area contributed by atoms with Crippen molar-refractivity contribution in [2.45, 2.75) is 25.4 Å². The van der Waals surface area contributed by atoms with Crippen LogP contribution in [0.3, 0.4) is 0 Å². The number of carbonyl (C=O) groups excluding carboxylic acids is 1. The van der Waals surface area contributed by atoms with Gasteiger partial charge in [-0.3, -0.25) is 4.79 Å². The molecule has 1 unspecified atom stereocenters. The molecule has 2 heterocycles. The lowest BCUT2D eigenvalue weighted by Gasteiger charge is -2.22. The first-order valence-electron chi connectivity index (χ1n) is 4.83. The Morgan fingerprint density at radius 1 is 1.64 bits per heavy atom. The predicted octanol–water partition coefficient (Wildman–Crippen LogP) is 0.729. The first-order valence-corrected chi connectivity index (χ1v) is 4.83. The van der Waals surface area contributed by atoms with E-state index in [0.29, 0.717) is 19.5 Å². The standard InChI is InChI=1S/C10H14N2O2/c11-6-8-3-4-10(13)12(8)7-9-2-1-5-14-9/h1-2,5,8H,3-4,6-7,11H2. The molecule has 0 spiro atoms. The van der Waals surface area contributed by atoms with Gasteiger partial charge in [-0.25, -0.2) is 0 Å². The summed E-state index contributed by atoms with van der Waals surface area (Å²) < 4.78 is 5.20. The molecule has 0 aliphatic carbocycles. The van der Waals surface area contributed by atoms with E-state index >= 15 is 0 Å². The van der Waals surface area contributed by atoms with Crippen molar-refractivity contribution in [3.05, 3.63) is 24.2 Å². The number of likely N-dealkylation sites (tertiary alicyclic amines) is 1. The SMILES string of the molecule is NCC1CCC(=O)N1Cc1ccco1. The minimum atomic E-state index is 0.178. The van der Waals surface area contributed by atoms with Crippen molar-refractivity contribution in [1.29, 1.82) is 0 Å². The molecule has 1 aromatic heterocycles. The third kappa shape index (κ3) is 1.65. The van der Waals surface area contributed by atoms with Crippen LogP contribution in [0.1, 0.15) is 18.6 Å². The molecular formula is C10H14N2O2. The highest BCUT2D eigenvalue weighted by Gasteiger charge is 2.30. The summed E-state index contributed by atoms with van der Waals surface area (Å²) in [7, 11) is 0. The third-order valence-electron chi connectivity index (χ3n) is 2.63. The Kier molecular flexibility index (Phi) is 2.54. The fraction of sp³-hybridized carbons (Fsp3) is 0.500. The maximum atomic E-state index is 11.5. The molecule has 0 bridgehead atoms. The maximum Gasteiger partial charge on any atom is 0.223 e. The molecule has 0 aromatic carbocycles. The highest BCUT2D eigenvalue weighted by Crippen LogP contribution is 2.20. The summed E-state index contributed by atoms with van der Waals surface area (Å²) in [6.45, 7) is 1.08. The van der Waals surface area contributed by atoms with E-state index in [1.165, 1.54) is 0 Å². The second-order valence-corrected chi connectivity index (χ2v) is 3.53. The lowest BCUT2D eigenvalue weighted by Crippen LogP contribution is -2.37. The monoisotopic (exact) mass is 194 g/mol. The van der Waals surface area contributed by atoms with Crippen LogP contribution < -0.4 is 5.73 Å². The van der Waals surface area contributed by atoms with E-state index in [-0.39, 0.29) is 11.9 Å². The zero-order chi connectivity index (χ0) is 9.97. The Hall–Kier alpha value is -1.29. The van der Waals surface area contributed by atoms with E-state index < -0.39 is 0 Å². The second-order valence-electron chi connectivity index (χ2n) is 3.53. The van der Waals surface area contributed by atoms with Gasteiger partial charge in [0.1, 0.15) is 5.76 Å². The van der Waals surface area contributed by atoms with Gasteiger partial charge < -0.3 is 15.1 Å². The summed E-state index contributed by atoms with van der Waals surface area (Å²) in [5.74, 6) is 0.996. The molecule has 0 radical (unpaired) electrons. The molecule has 4 heteroatoms. The van der Waals surface area contributed by atoms with Gasteiger partial charge in [0.25, 0.3) is 0 Å². The predicted molar refractivity (Wildman–Crippen MR) is 51.3 cm³/mol. The normalized spacial score (nSPS) is 21.9. The smallest absolute Gasteiger partial charge is 0.223 e. The molecule has 2 N–H and O–H groups in total. The number of carbonyl (C=O) groups is 1. The molecule has 0 saturated carbocycles. The summed E-state index contributed by atoms with van der Waals surface area (Å²) in [5, 5.41) is 0. The number of nitrogens with zero attached hydrogens (tertiary/aromatic N) is 1. The van der Waals surface area contributed by atoms with Gasteiger partial charge in [-0.15, -0.1) is 0 Å². The van der Waals surface area contributed by atoms with Gasteiger partial charge in [-0.1, -0.05) is 0 Å². The minimum absolute atomic E-state index is 0.178. The maximum absolute atomic E-state index is 11.5. The Morgan fingerprint density at radius 3 is 3.14 bits per heavy atom. The average molecular weight is 194 g/mol. The van der Waals surface area contributed by atoms with Crippen molar-refractivity contribution >= 4 is 5.91 Å². The number of hydrogen-bond acceptors (Lipinski definition) is 3. The second kappa shape index (κ2) is 3.84. The first kappa shape index (κ1) is 9.27. The van der Waals surface area contributed by atoms with Crippen LogP contribution in [0.2, 0.25) is 0 Å². The molecule has 14 heavy (non-hydrogen) atoms. The Morgan fingerprint density at radius 2 is 2.50 bits per heavy atom. The first-order chi connectivity index (χ1) is 6.81. The van der Waals surface area contributed by atoms with Gasteiger partial charge in [0.2, 0.25) is 5.91 Å². The van der Waals surface area contributed by atoms with Gasteiger partial charge in [0.05, 0.1) is 12.8 Å². The van der Waals surface area contributed by atoms with E-state index in [9.17, 15) is 4.79 Å². The molecule has 1 atom stereocenters. The number of furan rings is 1. The molecule has 76 valence electrons. The van der Waals surface area contributed by atoms with Crippen LogP contribution in [0.4, 0.5) is 0 Å². The zero-order valence-corrected chi connectivity index (χ0v) is 7.98. The number of nitrogens with two attached hydrogens (primary N) is 1. The Labute approximate surface area is 82.7 Å². The molecular weight excluding hydrogens is 180 g/mol. The van der Waals surface area contributed by atoms with E-state index in [0.717, 1.165) is 12.2 Å². The summed E-state index contributed by atoms with van der Waals surface area (Å²) in [5.41, 5.74) is 5.59. The largest absolute Gasteiger partial charge is 0.467 e. The average Bonchev–Trinajstić information content (AvgIpc) is 2.79. The molecule has 1 fully saturated rings. The van der Waals surface area contributed by atoms with Crippen molar-refractivity contribution in [2.75, 3.05) is 6.54 Å². The van der Waals surface area contributed by atoms with Crippen molar-refractivity contribution in [3.8, 4) is 0 Å². The quantitative estimate of drug-likeness (QED) is 0.771. The van der Waals surface area contributed by atoms with Crippen LogP contribution in [0.15, 0.2) is 22.8 Å². The minimum Gasteiger partial charge on any atom is -0.467 e. The van der Waals surface area contributed by atoms with Crippen molar-refractivity contribution in [1.82, 2.24) is 4.90 Å². The van der Waals surface area contributed by atoms with Crippen LogP contribution in [0.25, 0.3) is 0 Å². The van der Waals surface area contributed by atoms with E-state index in [2.05, 4.69) is 0 Å². The van der Waals surface area contributed by atoms with Crippen LogP contribution >= 0.6 is 0 Å². The molecule has 1 saturated heterocycles. The van der Waals surface area contributed by atoms with Crippen LogP contribution in [-0.2, 0) is 11.3 Å². The van der Waals surface area contributed by atoms with E-state index in [4.69, 9.17) is 10.2 Å². The fourth-order valence-electron chi connectivity index (χ4n) is 1.83. The number of hydrogen-bond donors (Lipinski definition) is 1. The molecule has 1 aliphatic rings. The molecule has 4 nitrogen and oxygen atoms in total. The van der Waals surface area contributed by atoms with E-state index in [1.807, 2.05) is 12.1 Å². The van der Waals surface area contributed by atoms with Crippen molar-refractivity contribution < 1.29 is 9.21 Å². The van der Waals surface area contributed by atoms with Gasteiger partial charge in [-0.05, 0) is 18.6 Å². The van der Waals surface area contributed by atoms with Crippen molar-refractivity contribution in [3.63, 3.8) is 0 Å². The topological polar surface area (TPSA) is 59.5 Å². The van der Waals surface area contributed by atoms with Crippen LogP contribution in [0, 0.1) is 0 Å². The third-order valence-corrected chi connectivity index (χ3v) is 2.63. The summed E-state index contributed by atoms with van der Waals surface area (Å²) >= 11 is 0. The van der Waals surface area contributed by atoms with Crippen LogP contribution in [0.5, 0.6) is 0 Å². The van der Waals surface area contributed by atoms with Gasteiger partial charge in [0.15, 0.2) is 0 Å². The highest BCUT2D eigenvalue weighted by molar-refractivity contribution is 5.78. The van der Waals surface area contributed by atoms with Crippen LogP contribution in [-0.4, -0.2) is 23.4 Å². The molecule has 1 aliphatic heterocycles. The molecule has 2 rings (SSSR count). The Bertz CT molecular complexity index is 308. The van der Waals surface area contributed by atoms with Gasteiger partial charge >= 0.3 is 0 Å². The zero-order valence-electron chi connectivity index (χ0n) is 7.98. The number of amides is 1. The lowest BCUT2D eigenvalue weighted by atomic mass is 10.2. The lowest BCUT2D eigenvalue weighted by molar-refractivity contribution is -0.129.